The Bertz CT molecular complexity index is 722. The van der Waals surface area contributed by atoms with E-state index in [2.05, 4.69) is 21.4 Å². The summed E-state index contributed by atoms with van der Waals surface area (Å²) in [5.74, 6) is 0.948. The van der Waals surface area contributed by atoms with Gasteiger partial charge in [0.25, 0.3) is 0 Å². The summed E-state index contributed by atoms with van der Waals surface area (Å²) in [7, 11) is 5.34. The summed E-state index contributed by atoms with van der Waals surface area (Å²) in [6, 6.07) is 7.69. The molecule has 1 aromatic carbocycles. The number of nitrogens with one attached hydrogen (secondary N) is 1. The van der Waals surface area contributed by atoms with Crippen LogP contribution in [0.15, 0.2) is 36.7 Å². The Morgan fingerprint density at radius 2 is 2.04 bits per heavy atom. The normalized spacial score (nSPS) is 16.0. The van der Waals surface area contributed by atoms with Crippen molar-refractivity contribution >= 4 is 11.6 Å². The summed E-state index contributed by atoms with van der Waals surface area (Å²) in [4.78, 5) is 17.1. The SMILES string of the molecule is CNC(C(=O)N1CCN(c2cccc(OC)c2)CC1)c1cnn(C)c1. The lowest BCUT2D eigenvalue weighted by atomic mass is 10.1. The molecule has 1 aliphatic rings. The number of hydrogen-bond donors (Lipinski definition) is 1. The highest BCUT2D eigenvalue weighted by atomic mass is 16.5. The number of carbonyl (C=O) groups excluding carboxylic acids is 1. The zero-order valence-electron chi connectivity index (χ0n) is 15.0. The van der Waals surface area contributed by atoms with Gasteiger partial charge in [-0.25, -0.2) is 0 Å². The standard InChI is InChI=1S/C18H25N5O2/c1-19-17(14-12-20-21(2)13-14)18(24)23-9-7-22(8-10-23)15-5-4-6-16(11-15)25-3/h4-6,11-13,17,19H,7-10H2,1-3H3. The fourth-order valence-corrected chi connectivity index (χ4v) is 3.20. The van der Waals surface area contributed by atoms with Gasteiger partial charge in [-0.05, 0) is 19.2 Å². The van der Waals surface area contributed by atoms with Crippen molar-refractivity contribution in [3.63, 3.8) is 0 Å². The second-order valence-electron chi connectivity index (χ2n) is 6.18. The molecule has 2 heterocycles. The van der Waals surface area contributed by atoms with E-state index in [1.54, 1.807) is 18.0 Å². The molecule has 2 aromatic rings. The molecule has 0 radical (unpaired) electrons. The molecule has 0 bridgehead atoms. The van der Waals surface area contributed by atoms with E-state index in [4.69, 9.17) is 4.74 Å². The van der Waals surface area contributed by atoms with Gasteiger partial charge in [0.1, 0.15) is 11.8 Å². The summed E-state index contributed by atoms with van der Waals surface area (Å²) in [5, 5.41) is 7.28. The van der Waals surface area contributed by atoms with E-state index < -0.39 is 0 Å². The second kappa shape index (κ2) is 7.57. The molecule has 0 spiro atoms. The van der Waals surface area contributed by atoms with Crippen LogP contribution < -0.4 is 15.0 Å². The van der Waals surface area contributed by atoms with Crippen molar-refractivity contribution in [1.82, 2.24) is 20.0 Å². The number of ether oxygens (including phenoxy) is 1. The highest BCUT2D eigenvalue weighted by molar-refractivity contribution is 5.83. The van der Waals surface area contributed by atoms with Crippen LogP contribution in [0.5, 0.6) is 5.75 Å². The van der Waals surface area contributed by atoms with Gasteiger partial charge in [0.05, 0.1) is 13.3 Å². The fourth-order valence-electron chi connectivity index (χ4n) is 3.20. The van der Waals surface area contributed by atoms with Crippen LogP contribution in [0.25, 0.3) is 0 Å². The number of hydrogen-bond acceptors (Lipinski definition) is 5. The maximum atomic E-state index is 12.9. The molecule has 1 atom stereocenters. The summed E-state index contributed by atoms with van der Waals surface area (Å²) >= 11 is 0. The van der Waals surface area contributed by atoms with Crippen molar-refractivity contribution in [3.05, 3.63) is 42.2 Å². The Balaban J connectivity index is 1.63. The number of aromatic nitrogens is 2. The van der Waals surface area contributed by atoms with E-state index in [0.717, 1.165) is 30.1 Å². The molecule has 1 aliphatic heterocycles. The molecule has 7 heteroatoms. The van der Waals surface area contributed by atoms with E-state index >= 15 is 0 Å². The average Bonchev–Trinajstić information content (AvgIpc) is 3.08. The van der Waals surface area contributed by atoms with Crippen molar-refractivity contribution < 1.29 is 9.53 Å². The molecule has 3 rings (SSSR count). The predicted octanol–water partition coefficient (Wildman–Crippen LogP) is 1.04. The number of amides is 1. The first-order valence-corrected chi connectivity index (χ1v) is 8.46. The summed E-state index contributed by atoms with van der Waals surface area (Å²) in [6.45, 7) is 3.02. The number of piperazine rings is 1. The molecular formula is C18H25N5O2. The van der Waals surface area contributed by atoms with Crippen molar-refractivity contribution in [1.29, 1.82) is 0 Å². The van der Waals surface area contributed by atoms with E-state index in [9.17, 15) is 4.79 Å². The van der Waals surface area contributed by atoms with Crippen molar-refractivity contribution in [2.75, 3.05) is 45.2 Å². The maximum absolute atomic E-state index is 12.9. The third-order valence-corrected chi connectivity index (χ3v) is 4.60. The number of likely N-dealkylation sites (N-methyl/N-ethyl adjacent to an activating group) is 1. The molecule has 25 heavy (non-hydrogen) atoms. The molecule has 1 saturated heterocycles. The van der Waals surface area contributed by atoms with Crippen molar-refractivity contribution in [2.24, 2.45) is 7.05 Å². The van der Waals surface area contributed by atoms with Gasteiger partial charge in [-0.3, -0.25) is 9.48 Å². The lowest BCUT2D eigenvalue weighted by molar-refractivity contribution is -0.133. The van der Waals surface area contributed by atoms with E-state index in [1.165, 1.54) is 0 Å². The molecule has 1 fully saturated rings. The summed E-state index contributed by atoms with van der Waals surface area (Å²) in [6.07, 6.45) is 3.62. The van der Waals surface area contributed by atoms with Gasteiger partial charge in [0, 0.05) is 56.7 Å². The van der Waals surface area contributed by atoms with Crippen LogP contribution >= 0.6 is 0 Å². The first-order chi connectivity index (χ1) is 12.1. The molecule has 7 nitrogen and oxygen atoms in total. The van der Waals surface area contributed by atoms with Gasteiger partial charge in [-0.15, -0.1) is 0 Å². The van der Waals surface area contributed by atoms with Gasteiger partial charge < -0.3 is 19.9 Å². The Kier molecular flexibility index (Phi) is 5.23. The monoisotopic (exact) mass is 343 g/mol. The number of anilines is 1. The van der Waals surface area contributed by atoms with E-state index in [-0.39, 0.29) is 11.9 Å². The number of nitrogens with zero attached hydrogens (tertiary/aromatic N) is 4. The molecule has 1 N–H and O–H groups in total. The zero-order chi connectivity index (χ0) is 17.8. The first kappa shape index (κ1) is 17.3. The minimum Gasteiger partial charge on any atom is -0.497 e. The van der Waals surface area contributed by atoms with Crippen molar-refractivity contribution in [2.45, 2.75) is 6.04 Å². The first-order valence-electron chi connectivity index (χ1n) is 8.46. The number of benzene rings is 1. The van der Waals surface area contributed by atoms with Crippen LogP contribution in [0.1, 0.15) is 11.6 Å². The molecule has 134 valence electrons. The lowest BCUT2D eigenvalue weighted by Gasteiger charge is -2.37. The molecule has 1 amide bonds. The second-order valence-corrected chi connectivity index (χ2v) is 6.18. The van der Waals surface area contributed by atoms with Crippen LogP contribution in [0.2, 0.25) is 0 Å². The van der Waals surface area contributed by atoms with Crippen LogP contribution in [-0.4, -0.2) is 60.9 Å². The van der Waals surface area contributed by atoms with Gasteiger partial charge in [0.2, 0.25) is 5.91 Å². The Morgan fingerprint density at radius 3 is 2.64 bits per heavy atom. The van der Waals surface area contributed by atoms with Crippen LogP contribution in [0.3, 0.4) is 0 Å². The molecule has 0 aliphatic carbocycles. The maximum Gasteiger partial charge on any atom is 0.244 e. The van der Waals surface area contributed by atoms with Gasteiger partial charge in [-0.2, -0.15) is 5.10 Å². The number of carbonyl (C=O) groups is 1. The third kappa shape index (κ3) is 3.76. The number of aryl methyl sites for hydroxylation is 1. The summed E-state index contributed by atoms with van der Waals surface area (Å²) < 4.78 is 7.01. The largest absolute Gasteiger partial charge is 0.497 e. The molecule has 1 unspecified atom stereocenters. The van der Waals surface area contributed by atoms with Crippen molar-refractivity contribution in [3.8, 4) is 5.75 Å². The Hall–Kier alpha value is -2.54. The van der Waals surface area contributed by atoms with E-state index in [0.29, 0.717) is 13.1 Å². The highest BCUT2D eigenvalue weighted by Gasteiger charge is 2.28. The summed E-state index contributed by atoms with van der Waals surface area (Å²) in [5.41, 5.74) is 2.02. The minimum atomic E-state index is -0.350. The number of methoxy groups -OCH3 is 1. The third-order valence-electron chi connectivity index (χ3n) is 4.60. The van der Waals surface area contributed by atoms with Gasteiger partial charge >= 0.3 is 0 Å². The zero-order valence-corrected chi connectivity index (χ0v) is 15.0. The van der Waals surface area contributed by atoms with Gasteiger partial charge in [0.15, 0.2) is 0 Å². The van der Waals surface area contributed by atoms with Gasteiger partial charge in [-0.1, -0.05) is 6.07 Å². The Morgan fingerprint density at radius 1 is 1.28 bits per heavy atom. The topological polar surface area (TPSA) is 62.6 Å². The lowest BCUT2D eigenvalue weighted by Crippen LogP contribution is -2.51. The highest BCUT2D eigenvalue weighted by Crippen LogP contribution is 2.23. The predicted molar refractivity (Wildman–Crippen MR) is 96.8 cm³/mol. The fraction of sp³-hybridized carbons (Fsp3) is 0.444. The molecular weight excluding hydrogens is 318 g/mol. The van der Waals surface area contributed by atoms with Crippen LogP contribution in [-0.2, 0) is 11.8 Å². The smallest absolute Gasteiger partial charge is 0.244 e. The molecule has 1 aromatic heterocycles. The Labute approximate surface area is 148 Å². The quantitative estimate of drug-likeness (QED) is 0.879. The van der Waals surface area contributed by atoms with Crippen LogP contribution in [0, 0.1) is 0 Å². The van der Waals surface area contributed by atoms with E-state index in [1.807, 2.05) is 43.4 Å². The number of rotatable bonds is 5. The minimum absolute atomic E-state index is 0.0980. The molecule has 0 saturated carbocycles. The average molecular weight is 343 g/mol. The van der Waals surface area contributed by atoms with Crippen LogP contribution in [0.4, 0.5) is 5.69 Å².